The van der Waals surface area contributed by atoms with E-state index < -0.39 is 48.6 Å². The third-order valence-corrected chi connectivity index (χ3v) is 4.99. The molecule has 1 aliphatic rings. The van der Waals surface area contributed by atoms with E-state index in [9.17, 15) is 19.5 Å². The fraction of sp³-hybridized carbons (Fsp3) is 0.417. The molecule has 0 saturated carbocycles. The van der Waals surface area contributed by atoms with Crippen LogP contribution in [0.1, 0.15) is 44.6 Å². The Hall–Kier alpha value is -3.50. The lowest BCUT2D eigenvalue weighted by Gasteiger charge is -2.39. The molecule has 0 bridgehead atoms. The maximum Gasteiger partial charge on any atom is 0.303 e. The topological polar surface area (TPSA) is 130 Å². The third kappa shape index (κ3) is 7.00. The molecule has 5 atom stereocenters. The van der Waals surface area contributed by atoms with Crippen molar-refractivity contribution in [2.24, 2.45) is 0 Å². The van der Waals surface area contributed by atoms with Crippen LogP contribution < -0.4 is 4.74 Å². The first-order chi connectivity index (χ1) is 16.2. The fourth-order valence-corrected chi connectivity index (χ4v) is 3.56. The Labute approximate surface area is 196 Å². The van der Waals surface area contributed by atoms with Gasteiger partial charge in [0.2, 0.25) is 6.29 Å². The summed E-state index contributed by atoms with van der Waals surface area (Å²) in [5.74, 6) is -1.28. The number of rotatable bonds is 8. The van der Waals surface area contributed by atoms with Crippen molar-refractivity contribution in [1.82, 2.24) is 4.98 Å². The van der Waals surface area contributed by atoms with Crippen molar-refractivity contribution in [1.29, 1.82) is 0 Å². The van der Waals surface area contributed by atoms with Crippen LogP contribution >= 0.6 is 0 Å². The van der Waals surface area contributed by atoms with Gasteiger partial charge in [0.05, 0.1) is 12.1 Å². The average Bonchev–Trinajstić information content (AvgIpc) is 2.79. The van der Waals surface area contributed by atoms with Crippen LogP contribution in [-0.4, -0.2) is 59.2 Å². The quantitative estimate of drug-likeness (QED) is 0.449. The molecular formula is C24H27NO9. The SMILES string of the molecule is CC(=O)OCC1OC(Oc2ccc(C(O)c3ccccn3)cc2)CC(OC(C)=O)C1OC(C)=O. The van der Waals surface area contributed by atoms with E-state index in [0.717, 1.165) is 0 Å². The molecule has 2 heterocycles. The van der Waals surface area contributed by atoms with Gasteiger partial charge < -0.3 is 28.8 Å². The normalized spacial score (nSPS) is 22.8. The number of nitrogens with zero attached hydrogens (tertiary/aromatic N) is 1. The smallest absolute Gasteiger partial charge is 0.303 e. The number of hydrogen-bond acceptors (Lipinski definition) is 10. The lowest BCUT2D eigenvalue weighted by molar-refractivity contribution is -0.245. The van der Waals surface area contributed by atoms with Crippen molar-refractivity contribution >= 4 is 17.9 Å². The summed E-state index contributed by atoms with van der Waals surface area (Å²) in [5.41, 5.74) is 1.14. The van der Waals surface area contributed by atoms with Crippen molar-refractivity contribution in [3.8, 4) is 5.75 Å². The number of aliphatic hydroxyl groups is 1. The molecule has 10 heteroatoms. The number of ether oxygens (including phenoxy) is 5. The van der Waals surface area contributed by atoms with Crippen molar-refractivity contribution in [2.45, 2.75) is 57.9 Å². The van der Waals surface area contributed by atoms with E-state index in [2.05, 4.69) is 4.98 Å². The molecule has 1 aromatic carbocycles. The first-order valence-corrected chi connectivity index (χ1v) is 10.7. The fourth-order valence-electron chi connectivity index (χ4n) is 3.56. The highest BCUT2D eigenvalue weighted by Crippen LogP contribution is 2.29. The van der Waals surface area contributed by atoms with Crippen molar-refractivity contribution in [3.63, 3.8) is 0 Å². The lowest BCUT2D eigenvalue weighted by Crippen LogP contribution is -2.54. The number of carbonyl (C=O) groups is 3. The molecular weight excluding hydrogens is 446 g/mol. The van der Waals surface area contributed by atoms with Crippen molar-refractivity contribution in [2.75, 3.05) is 6.61 Å². The van der Waals surface area contributed by atoms with E-state index in [0.29, 0.717) is 17.0 Å². The van der Waals surface area contributed by atoms with Crippen LogP contribution in [0.2, 0.25) is 0 Å². The Morgan fingerprint density at radius 1 is 1.03 bits per heavy atom. The molecule has 2 aromatic rings. The maximum absolute atomic E-state index is 11.6. The van der Waals surface area contributed by atoms with Gasteiger partial charge in [-0.1, -0.05) is 18.2 Å². The van der Waals surface area contributed by atoms with Crippen LogP contribution in [0.5, 0.6) is 5.75 Å². The van der Waals surface area contributed by atoms with E-state index >= 15 is 0 Å². The number of hydrogen-bond donors (Lipinski definition) is 1. The van der Waals surface area contributed by atoms with Gasteiger partial charge in [0, 0.05) is 27.0 Å². The second kappa shape index (κ2) is 11.6. The van der Waals surface area contributed by atoms with Gasteiger partial charge in [-0.2, -0.15) is 0 Å². The maximum atomic E-state index is 11.6. The summed E-state index contributed by atoms with van der Waals surface area (Å²) in [7, 11) is 0. The van der Waals surface area contributed by atoms with Crippen LogP contribution in [0.4, 0.5) is 0 Å². The molecule has 1 N–H and O–H groups in total. The zero-order chi connectivity index (χ0) is 24.7. The summed E-state index contributed by atoms with van der Waals surface area (Å²) in [6.45, 7) is 3.47. The monoisotopic (exact) mass is 473 g/mol. The summed E-state index contributed by atoms with van der Waals surface area (Å²) >= 11 is 0. The van der Waals surface area contributed by atoms with E-state index in [-0.39, 0.29) is 13.0 Å². The zero-order valence-electron chi connectivity index (χ0n) is 19.1. The third-order valence-electron chi connectivity index (χ3n) is 4.99. The minimum Gasteiger partial charge on any atom is -0.465 e. The molecule has 1 fully saturated rings. The molecule has 1 aromatic heterocycles. The van der Waals surface area contributed by atoms with Crippen LogP contribution in [0.15, 0.2) is 48.7 Å². The van der Waals surface area contributed by atoms with Crippen LogP contribution in [0, 0.1) is 0 Å². The molecule has 0 aliphatic carbocycles. The van der Waals surface area contributed by atoms with E-state index in [1.165, 1.54) is 20.8 Å². The number of pyridine rings is 1. The van der Waals surface area contributed by atoms with Crippen LogP contribution in [0.3, 0.4) is 0 Å². The second-order valence-electron chi connectivity index (χ2n) is 7.71. The van der Waals surface area contributed by atoms with Gasteiger partial charge in [0.25, 0.3) is 0 Å². The Balaban J connectivity index is 1.74. The number of aromatic nitrogens is 1. The molecule has 34 heavy (non-hydrogen) atoms. The first-order valence-electron chi connectivity index (χ1n) is 10.7. The number of carbonyl (C=O) groups excluding carboxylic acids is 3. The highest BCUT2D eigenvalue weighted by molar-refractivity contribution is 5.67. The number of aliphatic hydroxyl groups excluding tert-OH is 1. The Bertz CT molecular complexity index is 980. The molecule has 1 saturated heterocycles. The van der Waals surface area contributed by atoms with Gasteiger partial charge in [-0.05, 0) is 29.8 Å². The lowest BCUT2D eigenvalue weighted by atomic mass is 10.0. The molecule has 10 nitrogen and oxygen atoms in total. The molecule has 0 amide bonds. The van der Waals surface area contributed by atoms with Gasteiger partial charge in [-0.15, -0.1) is 0 Å². The molecule has 5 unspecified atom stereocenters. The zero-order valence-corrected chi connectivity index (χ0v) is 19.1. The van der Waals surface area contributed by atoms with E-state index in [1.54, 1.807) is 48.7 Å². The van der Waals surface area contributed by atoms with Gasteiger partial charge in [0.15, 0.2) is 6.10 Å². The summed E-state index contributed by atoms with van der Waals surface area (Å²) in [4.78, 5) is 38.7. The number of benzene rings is 1. The molecule has 182 valence electrons. The van der Waals surface area contributed by atoms with Crippen LogP contribution in [-0.2, 0) is 33.3 Å². The highest BCUT2D eigenvalue weighted by atomic mass is 16.7. The predicted molar refractivity (Wildman–Crippen MR) is 116 cm³/mol. The number of esters is 3. The van der Waals surface area contributed by atoms with Gasteiger partial charge in [0.1, 0.15) is 30.7 Å². The second-order valence-corrected chi connectivity index (χ2v) is 7.71. The van der Waals surface area contributed by atoms with Gasteiger partial charge in [-0.25, -0.2) is 0 Å². The molecule has 3 rings (SSSR count). The Morgan fingerprint density at radius 2 is 1.74 bits per heavy atom. The molecule has 1 aliphatic heterocycles. The van der Waals surface area contributed by atoms with Gasteiger partial charge in [-0.3, -0.25) is 19.4 Å². The largest absolute Gasteiger partial charge is 0.465 e. The minimum atomic E-state index is -0.975. The van der Waals surface area contributed by atoms with E-state index in [4.69, 9.17) is 23.7 Å². The van der Waals surface area contributed by atoms with Crippen LogP contribution in [0.25, 0.3) is 0 Å². The highest BCUT2D eigenvalue weighted by Gasteiger charge is 2.44. The Kier molecular flexibility index (Phi) is 8.55. The summed E-state index contributed by atoms with van der Waals surface area (Å²) in [6, 6.07) is 12.0. The average molecular weight is 473 g/mol. The summed E-state index contributed by atoms with van der Waals surface area (Å²) in [5, 5.41) is 10.5. The van der Waals surface area contributed by atoms with E-state index in [1.807, 2.05) is 0 Å². The predicted octanol–water partition coefficient (Wildman–Crippen LogP) is 2.08. The van der Waals surface area contributed by atoms with Gasteiger partial charge >= 0.3 is 17.9 Å². The van der Waals surface area contributed by atoms with Crippen molar-refractivity contribution < 1.29 is 43.2 Å². The molecule has 0 spiro atoms. The van der Waals surface area contributed by atoms with Crippen molar-refractivity contribution in [3.05, 3.63) is 59.9 Å². The Morgan fingerprint density at radius 3 is 2.32 bits per heavy atom. The minimum absolute atomic E-state index is 0.0758. The summed E-state index contributed by atoms with van der Waals surface area (Å²) in [6.07, 6.45) is -2.86. The summed E-state index contributed by atoms with van der Waals surface area (Å²) < 4.78 is 27.5. The molecule has 0 radical (unpaired) electrons. The first kappa shape index (κ1) is 25.1. The standard InChI is InChI=1S/C24H27NO9/c1-14(26)30-13-21-24(32-16(3)28)20(31-15(2)27)12-22(34-21)33-18-9-7-17(8-10-18)23(29)19-6-4-5-11-25-19/h4-11,20-24,29H,12-13H2,1-3H3.